The number of hydrogen-bond acceptors (Lipinski definition) is 5. The van der Waals surface area contributed by atoms with Crippen molar-refractivity contribution in [3.63, 3.8) is 0 Å². The van der Waals surface area contributed by atoms with Crippen LogP contribution < -0.4 is 11.1 Å². The van der Waals surface area contributed by atoms with Crippen molar-refractivity contribution in [1.82, 2.24) is 0 Å². The van der Waals surface area contributed by atoms with E-state index < -0.39 is 9.84 Å². The Morgan fingerprint density at radius 2 is 2.16 bits per heavy atom. The lowest BCUT2D eigenvalue weighted by Gasteiger charge is -2.17. The van der Waals surface area contributed by atoms with Crippen LogP contribution in [0.15, 0.2) is 23.1 Å². The van der Waals surface area contributed by atoms with Crippen molar-refractivity contribution in [1.29, 1.82) is 0 Å². The van der Waals surface area contributed by atoms with E-state index in [1.165, 1.54) is 6.07 Å². The second kappa shape index (κ2) is 5.38. The van der Waals surface area contributed by atoms with Gasteiger partial charge >= 0.3 is 0 Å². The lowest BCUT2D eigenvalue weighted by molar-refractivity contribution is 0.138. The van der Waals surface area contributed by atoms with Crippen molar-refractivity contribution >= 4 is 21.2 Å². The first-order chi connectivity index (χ1) is 8.89. The van der Waals surface area contributed by atoms with Gasteiger partial charge in [-0.1, -0.05) is 12.5 Å². The fraction of sp³-hybridized carbons (Fsp3) is 0.538. The van der Waals surface area contributed by atoms with Gasteiger partial charge in [0.1, 0.15) is 0 Å². The summed E-state index contributed by atoms with van der Waals surface area (Å²) in [4.78, 5) is 0.143. The van der Waals surface area contributed by atoms with Crippen LogP contribution in [0, 0.1) is 5.92 Å². The molecule has 2 unspecified atom stereocenters. The van der Waals surface area contributed by atoms with Crippen LogP contribution >= 0.6 is 0 Å². The number of aliphatic hydroxyl groups is 1. The van der Waals surface area contributed by atoms with Crippen molar-refractivity contribution in [2.45, 2.75) is 30.3 Å². The molecule has 0 aromatic heterocycles. The summed E-state index contributed by atoms with van der Waals surface area (Å²) >= 11 is 0. The van der Waals surface area contributed by atoms with Crippen LogP contribution in [0.3, 0.4) is 0 Å². The number of rotatable bonds is 4. The minimum absolute atomic E-state index is 0.143. The van der Waals surface area contributed by atoms with Gasteiger partial charge in [-0.2, -0.15) is 0 Å². The molecular formula is C13H20N2O3S. The average Bonchev–Trinajstić information content (AvgIpc) is 2.72. The van der Waals surface area contributed by atoms with Crippen molar-refractivity contribution in [3.8, 4) is 0 Å². The summed E-state index contributed by atoms with van der Waals surface area (Å²) in [7, 11) is -3.32. The number of hydrogen-bond donors (Lipinski definition) is 3. The zero-order valence-electron chi connectivity index (χ0n) is 11.0. The molecule has 0 saturated heterocycles. The van der Waals surface area contributed by atoms with E-state index in [4.69, 9.17) is 5.73 Å². The van der Waals surface area contributed by atoms with E-state index in [2.05, 4.69) is 5.32 Å². The Bertz CT molecular complexity index is 557. The molecule has 5 nitrogen and oxygen atoms in total. The molecule has 6 heteroatoms. The Kier molecular flexibility index (Phi) is 4.01. The molecule has 0 aliphatic heterocycles. The summed E-state index contributed by atoms with van der Waals surface area (Å²) in [5.41, 5.74) is 6.75. The first-order valence-electron chi connectivity index (χ1n) is 6.40. The highest BCUT2D eigenvalue weighted by molar-refractivity contribution is 7.90. The van der Waals surface area contributed by atoms with Gasteiger partial charge in [-0.05, 0) is 25.0 Å². The Labute approximate surface area is 113 Å². The highest BCUT2D eigenvalue weighted by atomic mass is 32.2. The highest BCUT2D eigenvalue weighted by Crippen LogP contribution is 2.29. The number of nitrogens with two attached hydrogens (primary N) is 1. The molecule has 106 valence electrons. The Hall–Kier alpha value is -1.27. The summed E-state index contributed by atoms with van der Waals surface area (Å²) < 4.78 is 23.1. The van der Waals surface area contributed by atoms with Crippen molar-refractivity contribution in [2.75, 3.05) is 23.9 Å². The minimum Gasteiger partial charge on any atom is -0.396 e. The third-order valence-corrected chi connectivity index (χ3v) is 4.79. The maximum absolute atomic E-state index is 11.6. The lowest BCUT2D eigenvalue weighted by Crippen LogP contribution is -2.22. The monoisotopic (exact) mass is 284 g/mol. The summed E-state index contributed by atoms with van der Waals surface area (Å²) in [6, 6.07) is 4.92. The standard InChI is InChI=1S/C13H20N2O3S/c1-19(17,18)12-7-3-5-10(13(12)14)15-8-9-4-2-6-11(9)16/h3,5,7,9,11,15-16H,2,4,6,8,14H2,1H3. The normalized spacial score (nSPS) is 23.5. The van der Waals surface area contributed by atoms with Crippen LogP contribution in [0.1, 0.15) is 19.3 Å². The topological polar surface area (TPSA) is 92.4 Å². The summed E-state index contributed by atoms with van der Waals surface area (Å²) in [5, 5.41) is 12.9. The maximum Gasteiger partial charge on any atom is 0.177 e. The van der Waals surface area contributed by atoms with Crippen LogP contribution in [-0.4, -0.2) is 32.4 Å². The van der Waals surface area contributed by atoms with E-state index in [1.54, 1.807) is 12.1 Å². The van der Waals surface area contributed by atoms with E-state index in [-0.39, 0.29) is 22.6 Å². The number of para-hydroxylation sites is 1. The molecule has 19 heavy (non-hydrogen) atoms. The predicted octanol–water partition coefficient (Wildman–Crippen LogP) is 1.25. The molecule has 1 aromatic carbocycles. The fourth-order valence-electron chi connectivity index (χ4n) is 2.52. The smallest absolute Gasteiger partial charge is 0.177 e. The van der Waals surface area contributed by atoms with Gasteiger partial charge in [-0.25, -0.2) is 8.42 Å². The zero-order chi connectivity index (χ0) is 14.0. The van der Waals surface area contributed by atoms with Gasteiger partial charge in [0.05, 0.1) is 22.4 Å². The molecule has 1 saturated carbocycles. The largest absolute Gasteiger partial charge is 0.396 e. The van der Waals surface area contributed by atoms with E-state index in [0.29, 0.717) is 12.2 Å². The van der Waals surface area contributed by atoms with E-state index >= 15 is 0 Å². The highest BCUT2D eigenvalue weighted by Gasteiger charge is 2.25. The summed E-state index contributed by atoms with van der Waals surface area (Å²) in [6.45, 7) is 0.610. The molecule has 1 aromatic rings. The predicted molar refractivity (Wildman–Crippen MR) is 75.8 cm³/mol. The SMILES string of the molecule is CS(=O)(=O)c1cccc(NCC2CCCC2O)c1N. The molecule has 1 aliphatic carbocycles. The number of sulfone groups is 1. The van der Waals surface area contributed by atoms with Crippen molar-refractivity contribution in [2.24, 2.45) is 5.92 Å². The van der Waals surface area contributed by atoms with E-state index in [9.17, 15) is 13.5 Å². The number of aliphatic hydroxyl groups excluding tert-OH is 1. The van der Waals surface area contributed by atoms with Crippen LogP contribution in [-0.2, 0) is 9.84 Å². The molecule has 2 rings (SSSR count). The molecule has 0 heterocycles. The molecule has 0 radical (unpaired) electrons. The van der Waals surface area contributed by atoms with Gasteiger partial charge in [-0.3, -0.25) is 0 Å². The third-order valence-electron chi connectivity index (χ3n) is 3.64. The number of anilines is 2. The van der Waals surface area contributed by atoms with Gasteiger partial charge in [0.15, 0.2) is 9.84 Å². The molecule has 2 atom stereocenters. The Morgan fingerprint density at radius 1 is 1.42 bits per heavy atom. The zero-order valence-corrected chi connectivity index (χ0v) is 11.8. The van der Waals surface area contributed by atoms with Crippen LogP contribution in [0.25, 0.3) is 0 Å². The van der Waals surface area contributed by atoms with Crippen LogP contribution in [0.5, 0.6) is 0 Å². The van der Waals surface area contributed by atoms with E-state index in [1.807, 2.05) is 0 Å². The van der Waals surface area contributed by atoms with Gasteiger partial charge in [0, 0.05) is 18.7 Å². The molecule has 0 amide bonds. The van der Waals surface area contributed by atoms with Crippen molar-refractivity contribution < 1.29 is 13.5 Å². The lowest BCUT2D eigenvalue weighted by atomic mass is 10.1. The average molecular weight is 284 g/mol. The van der Waals surface area contributed by atoms with Gasteiger partial charge in [0.2, 0.25) is 0 Å². The van der Waals surface area contributed by atoms with Gasteiger partial charge < -0.3 is 16.2 Å². The number of nitrogen functional groups attached to an aromatic ring is 1. The quantitative estimate of drug-likeness (QED) is 0.724. The van der Waals surface area contributed by atoms with Gasteiger partial charge in [-0.15, -0.1) is 0 Å². The second-order valence-corrected chi connectivity index (χ2v) is 7.11. The summed E-state index contributed by atoms with van der Waals surface area (Å²) in [5.74, 6) is 0.210. The van der Waals surface area contributed by atoms with Crippen molar-refractivity contribution in [3.05, 3.63) is 18.2 Å². The Balaban J connectivity index is 2.13. The first kappa shape index (κ1) is 14.1. The summed E-state index contributed by atoms with van der Waals surface area (Å²) in [6.07, 6.45) is 3.73. The van der Waals surface area contributed by atoms with E-state index in [0.717, 1.165) is 25.5 Å². The molecule has 4 N–H and O–H groups in total. The molecular weight excluding hydrogens is 264 g/mol. The number of nitrogens with one attached hydrogen (secondary N) is 1. The molecule has 0 bridgehead atoms. The fourth-order valence-corrected chi connectivity index (χ4v) is 3.35. The van der Waals surface area contributed by atoms with Crippen LogP contribution in [0.4, 0.5) is 11.4 Å². The minimum atomic E-state index is -3.32. The third kappa shape index (κ3) is 3.19. The number of benzene rings is 1. The Morgan fingerprint density at radius 3 is 2.74 bits per heavy atom. The maximum atomic E-state index is 11.6. The van der Waals surface area contributed by atoms with Gasteiger partial charge in [0.25, 0.3) is 0 Å². The molecule has 1 aliphatic rings. The molecule has 1 fully saturated rings. The molecule has 0 spiro atoms. The first-order valence-corrected chi connectivity index (χ1v) is 8.29. The van der Waals surface area contributed by atoms with Crippen LogP contribution in [0.2, 0.25) is 0 Å². The second-order valence-electron chi connectivity index (χ2n) is 5.13.